The van der Waals surface area contributed by atoms with Gasteiger partial charge < -0.3 is 15.4 Å². The first-order chi connectivity index (χ1) is 11.5. The Morgan fingerprint density at radius 1 is 1.25 bits per heavy atom. The van der Waals surface area contributed by atoms with Crippen LogP contribution in [0.25, 0.3) is 0 Å². The van der Waals surface area contributed by atoms with Crippen molar-refractivity contribution < 1.29 is 9.53 Å². The SMILES string of the molecule is CC1CN(CC2CCCN2C(=O)C(N)c2ccccc2)CC(C)O1. The first-order valence-corrected chi connectivity index (χ1v) is 9.03. The fourth-order valence-electron chi connectivity index (χ4n) is 4.03. The molecule has 0 radical (unpaired) electrons. The zero-order chi connectivity index (χ0) is 17.1. The van der Waals surface area contributed by atoms with Gasteiger partial charge in [0.15, 0.2) is 0 Å². The number of nitrogens with zero attached hydrogens (tertiary/aromatic N) is 2. The Morgan fingerprint density at radius 3 is 2.58 bits per heavy atom. The summed E-state index contributed by atoms with van der Waals surface area (Å²) in [5, 5.41) is 0. The summed E-state index contributed by atoms with van der Waals surface area (Å²) >= 11 is 0. The van der Waals surface area contributed by atoms with Gasteiger partial charge in [0.25, 0.3) is 0 Å². The first kappa shape index (κ1) is 17.4. The fraction of sp³-hybridized carbons (Fsp3) is 0.632. The van der Waals surface area contributed by atoms with Crippen LogP contribution in [0.15, 0.2) is 30.3 Å². The zero-order valence-corrected chi connectivity index (χ0v) is 14.7. The number of likely N-dealkylation sites (tertiary alicyclic amines) is 1. The van der Waals surface area contributed by atoms with E-state index in [0.29, 0.717) is 0 Å². The van der Waals surface area contributed by atoms with Gasteiger partial charge in [0.2, 0.25) is 5.91 Å². The van der Waals surface area contributed by atoms with Crippen molar-refractivity contribution in [1.29, 1.82) is 0 Å². The third kappa shape index (κ3) is 3.97. The lowest BCUT2D eigenvalue weighted by atomic mass is 10.1. The van der Waals surface area contributed by atoms with Crippen LogP contribution in [0.1, 0.15) is 38.3 Å². The van der Waals surface area contributed by atoms with E-state index in [1.807, 2.05) is 35.2 Å². The van der Waals surface area contributed by atoms with Gasteiger partial charge in [-0.2, -0.15) is 0 Å². The summed E-state index contributed by atoms with van der Waals surface area (Å²) in [6, 6.07) is 9.37. The number of nitrogens with two attached hydrogens (primary N) is 1. The molecule has 132 valence electrons. The molecule has 5 nitrogen and oxygen atoms in total. The second-order valence-electron chi connectivity index (χ2n) is 7.19. The van der Waals surface area contributed by atoms with E-state index in [1.165, 1.54) is 0 Å². The van der Waals surface area contributed by atoms with E-state index in [-0.39, 0.29) is 24.2 Å². The van der Waals surface area contributed by atoms with Gasteiger partial charge in [-0.1, -0.05) is 30.3 Å². The van der Waals surface area contributed by atoms with E-state index in [2.05, 4.69) is 18.7 Å². The smallest absolute Gasteiger partial charge is 0.244 e. The van der Waals surface area contributed by atoms with E-state index < -0.39 is 6.04 Å². The van der Waals surface area contributed by atoms with Crippen molar-refractivity contribution in [2.24, 2.45) is 5.73 Å². The van der Waals surface area contributed by atoms with Crippen molar-refractivity contribution in [2.75, 3.05) is 26.2 Å². The molecule has 1 aromatic carbocycles. The Kier molecular flexibility index (Phi) is 5.54. The Bertz CT molecular complexity index is 541. The fourth-order valence-corrected chi connectivity index (χ4v) is 4.03. The van der Waals surface area contributed by atoms with E-state index in [9.17, 15) is 4.79 Å². The lowest BCUT2D eigenvalue weighted by molar-refractivity contribution is -0.134. The van der Waals surface area contributed by atoms with E-state index >= 15 is 0 Å². The van der Waals surface area contributed by atoms with Crippen molar-refractivity contribution in [1.82, 2.24) is 9.80 Å². The van der Waals surface area contributed by atoms with Crippen LogP contribution in [-0.2, 0) is 9.53 Å². The molecule has 0 spiro atoms. The normalized spacial score (nSPS) is 29.6. The first-order valence-electron chi connectivity index (χ1n) is 9.03. The number of carbonyl (C=O) groups excluding carboxylic acids is 1. The molecule has 4 atom stereocenters. The number of rotatable bonds is 4. The van der Waals surface area contributed by atoms with Crippen LogP contribution in [0.2, 0.25) is 0 Å². The summed E-state index contributed by atoms with van der Waals surface area (Å²) in [6.07, 6.45) is 2.64. The average Bonchev–Trinajstić information content (AvgIpc) is 3.01. The van der Waals surface area contributed by atoms with Gasteiger partial charge in [-0.3, -0.25) is 9.69 Å². The molecule has 2 saturated heterocycles. The largest absolute Gasteiger partial charge is 0.373 e. The summed E-state index contributed by atoms with van der Waals surface area (Å²) in [5.41, 5.74) is 7.12. The number of hydrogen-bond acceptors (Lipinski definition) is 4. The number of hydrogen-bond donors (Lipinski definition) is 1. The maximum Gasteiger partial charge on any atom is 0.244 e. The van der Waals surface area contributed by atoms with Crippen LogP contribution in [-0.4, -0.2) is 60.1 Å². The summed E-state index contributed by atoms with van der Waals surface area (Å²) < 4.78 is 5.81. The maximum atomic E-state index is 12.9. The summed E-state index contributed by atoms with van der Waals surface area (Å²) in [7, 11) is 0. The van der Waals surface area contributed by atoms with Crippen LogP contribution < -0.4 is 5.73 Å². The molecule has 0 bridgehead atoms. The van der Waals surface area contributed by atoms with E-state index in [1.54, 1.807) is 0 Å². The van der Waals surface area contributed by atoms with Gasteiger partial charge in [-0.25, -0.2) is 0 Å². The summed E-state index contributed by atoms with van der Waals surface area (Å²) in [4.78, 5) is 17.3. The highest BCUT2D eigenvalue weighted by atomic mass is 16.5. The molecular weight excluding hydrogens is 302 g/mol. The molecule has 3 rings (SSSR count). The molecule has 2 aliphatic rings. The molecule has 2 heterocycles. The quantitative estimate of drug-likeness (QED) is 0.914. The zero-order valence-electron chi connectivity index (χ0n) is 14.7. The molecule has 5 heteroatoms. The molecule has 24 heavy (non-hydrogen) atoms. The van der Waals surface area contributed by atoms with Crippen molar-refractivity contribution in [3.05, 3.63) is 35.9 Å². The van der Waals surface area contributed by atoms with Gasteiger partial charge in [0.1, 0.15) is 6.04 Å². The minimum atomic E-state index is -0.561. The van der Waals surface area contributed by atoms with Crippen molar-refractivity contribution in [3.8, 4) is 0 Å². The Hall–Kier alpha value is -1.43. The molecule has 2 N–H and O–H groups in total. The highest BCUT2D eigenvalue weighted by Gasteiger charge is 2.34. The number of ether oxygens (including phenoxy) is 1. The lowest BCUT2D eigenvalue weighted by Crippen LogP contribution is -2.51. The number of benzene rings is 1. The lowest BCUT2D eigenvalue weighted by Gasteiger charge is -2.38. The van der Waals surface area contributed by atoms with Crippen molar-refractivity contribution in [2.45, 2.75) is 51.0 Å². The van der Waals surface area contributed by atoms with Gasteiger partial charge in [0, 0.05) is 32.2 Å². The van der Waals surface area contributed by atoms with Crippen LogP contribution >= 0.6 is 0 Å². The molecule has 4 unspecified atom stereocenters. The number of morpholine rings is 1. The predicted molar refractivity (Wildman–Crippen MR) is 94.6 cm³/mol. The minimum Gasteiger partial charge on any atom is -0.373 e. The Labute approximate surface area is 144 Å². The number of carbonyl (C=O) groups is 1. The number of amides is 1. The van der Waals surface area contributed by atoms with Gasteiger partial charge in [-0.05, 0) is 32.3 Å². The third-order valence-electron chi connectivity index (χ3n) is 5.05. The summed E-state index contributed by atoms with van der Waals surface area (Å²) in [5.74, 6) is 0.0538. The highest BCUT2D eigenvalue weighted by molar-refractivity contribution is 5.83. The Balaban J connectivity index is 1.63. The van der Waals surface area contributed by atoms with Crippen LogP contribution in [0.5, 0.6) is 0 Å². The van der Waals surface area contributed by atoms with Crippen LogP contribution in [0, 0.1) is 0 Å². The molecule has 0 saturated carbocycles. The average molecular weight is 331 g/mol. The standard InChI is InChI=1S/C19H29N3O2/c1-14-11-21(12-15(2)24-14)13-17-9-6-10-22(17)19(23)18(20)16-7-4-3-5-8-16/h3-5,7-8,14-15,17-18H,6,9-13,20H2,1-2H3. The van der Waals surface area contributed by atoms with Gasteiger partial charge in [-0.15, -0.1) is 0 Å². The van der Waals surface area contributed by atoms with Crippen LogP contribution in [0.4, 0.5) is 0 Å². The second-order valence-corrected chi connectivity index (χ2v) is 7.19. The molecule has 2 fully saturated rings. The summed E-state index contributed by atoms with van der Waals surface area (Å²) in [6.45, 7) is 7.85. The van der Waals surface area contributed by atoms with Crippen molar-refractivity contribution in [3.63, 3.8) is 0 Å². The predicted octanol–water partition coefficient (Wildman–Crippen LogP) is 1.79. The molecule has 0 aromatic heterocycles. The minimum absolute atomic E-state index is 0.0538. The molecule has 2 aliphatic heterocycles. The van der Waals surface area contributed by atoms with E-state index in [4.69, 9.17) is 10.5 Å². The molecule has 1 amide bonds. The van der Waals surface area contributed by atoms with Crippen molar-refractivity contribution >= 4 is 5.91 Å². The van der Waals surface area contributed by atoms with Gasteiger partial charge >= 0.3 is 0 Å². The van der Waals surface area contributed by atoms with Gasteiger partial charge in [0.05, 0.1) is 12.2 Å². The van der Waals surface area contributed by atoms with Crippen LogP contribution in [0.3, 0.4) is 0 Å². The molecular formula is C19H29N3O2. The second kappa shape index (κ2) is 7.64. The monoisotopic (exact) mass is 331 g/mol. The topological polar surface area (TPSA) is 58.8 Å². The highest BCUT2D eigenvalue weighted by Crippen LogP contribution is 2.24. The third-order valence-corrected chi connectivity index (χ3v) is 5.05. The maximum absolute atomic E-state index is 12.9. The Morgan fingerprint density at radius 2 is 1.92 bits per heavy atom. The molecule has 0 aliphatic carbocycles. The van der Waals surface area contributed by atoms with E-state index in [0.717, 1.165) is 44.6 Å². The molecule has 1 aromatic rings.